The number of carbonyl (C=O) groups is 2. The SMILES string of the molecule is CCc1ccc(C(C)NC(=O)C(=O)N(CC)CCO)cc1. The number of aliphatic hydroxyl groups is 1. The van der Waals surface area contributed by atoms with E-state index in [2.05, 4.69) is 12.2 Å². The Kier molecular flexibility index (Phi) is 6.88. The molecular weight excluding hydrogens is 268 g/mol. The topological polar surface area (TPSA) is 69.6 Å². The van der Waals surface area contributed by atoms with Crippen molar-refractivity contribution < 1.29 is 14.7 Å². The van der Waals surface area contributed by atoms with Crippen LogP contribution in [0.3, 0.4) is 0 Å². The lowest BCUT2D eigenvalue weighted by Gasteiger charge is -2.21. The zero-order chi connectivity index (χ0) is 15.8. The molecule has 0 bridgehead atoms. The molecule has 1 aromatic rings. The molecule has 0 heterocycles. The average Bonchev–Trinajstić information content (AvgIpc) is 2.51. The number of rotatable bonds is 6. The van der Waals surface area contributed by atoms with Gasteiger partial charge in [0.1, 0.15) is 0 Å². The summed E-state index contributed by atoms with van der Waals surface area (Å²) in [5, 5.41) is 11.6. The Balaban J connectivity index is 2.65. The number of aryl methyl sites for hydroxylation is 1. The monoisotopic (exact) mass is 292 g/mol. The fourth-order valence-electron chi connectivity index (χ4n) is 2.05. The quantitative estimate of drug-likeness (QED) is 0.776. The van der Waals surface area contributed by atoms with E-state index < -0.39 is 11.8 Å². The molecule has 0 spiro atoms. The Morgan fingerprint density at radius 1 is 1.24 bits per heavy atom. The van der Waals surface area contributed by atoms with Crippen LogP contribution in [0.15, 0.2) is 24.3 Å². The number of nitrogens with one attached hydrogen (secondary N) is 1. The lowest BCUT2D eigenvalue weighted by atomic mass is 10.0. The van der Waals surface area contributed by atoms with Crippen LogP contribution >= 0.6 is 0 Å². The molecule has 2 N–H and O–H groups in total. The van der Waals surface area contributed by atoms with Crippen LogP contribution in [-0.4, -0.2) is 41.5 Å². The summed E-state index contributed by atoms with van der Waals surface area (Å²) in [6, 6.07) is 7.72. The average molecular weight is 292 g/mol. The second kappa shape index (κ2) is 8.42. The predicted octanol–water partition coefficient (Wildman–Crippen LogP) is 1.27. The van der Waals surface area contributed by atoms with Gasteiger partial charge in [-0.3, -0.25) is 9.59 Å². The minimum Gasteiger partial charge on any atom is -0.395 e. The number of benzene rings is 1. The Labute approximate surface area is 126 Å². The number of nitrogens with zero attached hydrogens (tertiary/aromatic N) is 1. The van der Waals surface area contributed by atoms with Crippen molar-refractivity contribution in [1.82, 2.24) is 10.2 Å². The van der Waals surface area contributed by atoms with Crippen molar-refractivity contribution in [2.75, 3.05) is 19.7 Å². The van der Waals surface area contributed by atoms with Gasteiger partial charge in [-0.05, 0) is 31.4 Å². The first-order valence-corrected chi connectivity index (χ1v) is 7.32. The van der Waals surface area contributed by atoms with Crippen LogP contribution in [-0.2, 0) is 16.0 Å². The summed E-state index contributed by atoms with van der Waals surface area (Å²) in [4.78, 5) is 25.2. The van der Waals surface area contributed by atoms with Crippen molar-refractivity contribution >= 4 is 11.8 Å². The van der Waals surface area contributed by atoms with Gasteiger partial charge in [0.05, 0.1) is 12.6 Å². The van der Waals surface area contributed by atoms with E-state index in [0.29, 0.717) is 6.54 Å². The number of hydrogen-bond donors (Lipinski definition) is 2. The summed E-state index contributed by atoms with van der Waals surface area (Å²) in [5.74, 6) is -1.25. The van der Waals surface area contributed by atoms with Gasteiger partial charge in [0, 0.05) is 13.1 Å². The summed E-state index contributed by atoms with van der Waals surface area (Å²) in [5.41, 5.74) is 2.19. The molecule has 1 aromatic carbocycles. The lowest BCUT2D eigenvalue weighted by Crippen LogP contribution is -2.44. The molecule has 0 aliphatic carbocycles. The van der Waals surface area contributed by atoms with E-state index in [1.54, 1.807) is 6.92 Å². The zero-order valence-electron chi connectivity index (χ0n) is 12.9. The Morgan fingerprint density at radius 2 is 1.86 bits per heavy atom. The van der Waals surface area contributed by atoms with Crippen LogP contribution in [0.4, 0.5) is 0 Å². The molecular formula is C16H24N2O3. The fraction of sp³-hybridized carbons (Fsp3) is 0.500. The van der Waals surface area contributed by atoms with E-state index in [9.17, 15) is 9.59 Å². The van der Waals surface area contributed by atoms with Crippen LogP contribution in [0.25, 0.3) is 0 Å². The second-order valence-electron chi connectivity index (χ2n) is 4.90. The Hall–Kier alpha value is -1.88. The molecule has 5 heteroatoms. The van der Waals surface area contributed by atoms with Gasteiger partial charge in [0.25, 0.3) is 0 Å². The Morgan fingerprint density at radius 3 is 2.33 bits per heavy atom. The number of aliphatic hydroxyl groups excluding tert-OH is 1. The van der Waals surface area contributed by atoms with Gasteiger partial charge in [-0.15, -0.1) is 0 Å². The number of hydrogen-bond acceptors (Lipinski definition) is 3. The molecule has 2 amide bonds. The maximum Gasteiger partial charge on any atom is 0.311 e. The molecule has 1 rings (SSSR count). The summed E-state index contributed by atoms with van der Waals surface area (Å²) >= 11 is 0. The Bertz CT molecular complexity index is 471. The van der Waals surface area contributed by atoms with E-state index >= 15 is 0 Å². The van der Waals surface area contributed by atoms with E-state index in [-0.39, 0.29) is 19.2 Å². The van der Waals surface area contributed by atoms with Crippen molar-refractivity contribution in [1.29, 1.82) is 0 Å². The highest BCUT2D eigenvalue weighted by Crippen LogP contribution is 2.13. The van der Waals surface area contributed by atoms with Gasteiger partial charge in [-0.2, -0.15) is 0 Å². The van der Waals surface area contributed by atoms with Gasteiger partial charge in [-0.25, -0.2) is 0 Å². The molecule has 21 heavy (non-hydrogen) atoms. The normalized spacial score (nSPS) is 11.8. The third-order valence-corrected chi connectivity index (χ3v) is 3.47. The standard InChI is InChI=1S/C16H24N2O3/c1-4-13-6-8-14(9-7-13)12(3)17-15(20)16(21)18(5-2)10-11-19/h6-9,12,19H,4-5,10-11H2,1-3H3,(H,17,20). The molecule has 5 nitrogen and oxygen atoms in total. The van der Waals surface area contributed by atoms with Crippen molar-refractivity contribution in [2.45, 2.75) is 33.2 Å². The lowest BCUT2D eigenvalue weighted by molar-refractivity contribution is -0.146. The zero-order valence-corrected chi connectivity index (χ0v) is 12.9. The highest BCUT2D eigenvalue weighted by Gasteiger charge is 2.21. The summed E-state index contributed by atoms with van der Waals surface area (Å²) in [6.07, 6.45) is 0.964. The smallest absolute Gasteiger partial charge is 0.311 e. The molecule has 1 unspecified atom stereocenters. The van der Waals surface area contributed by atoms with E-state index in [1.807, 2.05) is 31.2 Å². The minimum absolute atomic E-state index is 0.152. The van der Waals surface area contributed by atoms with Gasteiger partial charge in [-0.1, -0.05) is 31.2 Å². The molecule has 0 radical (unpaired) electrons. The molecule has 0 aromatic heterocycles. The molecule has 0 aliphatic rings. The first kappa shape index (κ1) is 17.2. The molecule has 1 atom stereocenters. The molecule has 0 aliphatic heterocycles. The number of likely N-dealkylation sites (N-methyl/N-ethyl adjacent to an activating group) is 1. The van der Waals surface area contributed by atoms with Crippen LogP contribution in [0.2, 0.25) is 0 Å². The van der Waals surface area contributed by atoms with Crippen LogP contribution < -0.4 is 5.32 Å². The maximum absolute atomic E-state index is 11.9. The molecule has 116 valence electrons. The minimum atomic E-state index is -0.641. The third kappa shape index (κ3) is 4.86. The summed E-state index contributed by atoms with van der Waals surface area (Å²) in [7, 11) is 0. The first-order chi connectivity index (χ1) is 10.0. The van der Waals surface area contributed by atoms with Crippen LogP contribution in [0.5, 0.6) is 0 Å². The first-order valence-electron chi connectivity index (χ1n) is 7.32. The number of carbonyl (C=O) groups excluding carboxylic acids is 2. The van der Waals surface area contributed by atoms with Gasteiger partial charge < -0.3 is 15.3 Å². The largest absolute Gasteiger partial charge is 0.395 e. The van der Waals surface area contributed by atoms with Crippen LogP contribution in [0, 0.1) is 0 Å². The highest BCUT2D eigenvalue weighted by atomic mass is 16.3. The summed E-state index contributed by atoms with van der Waals surface area (Å²) < 4.78 is 0. The van der Waals surface area contributed by atoms with Gasteiger partial charge >= 0.3 is 11.8 Å². The molecule has 0 saturated heterocycles. The van der Waals surface area contributed by atoms with Crippen molar-refractivity contribution in [3.05, 3.63) is 35.4 Å². The van der Waals surface area contributed by atoms with Crippen molar-refractivity contribution in [3.8, 4) is 0 Å². The van der Waals surface area contributed by atoms with Gasteiger partial charge in [0.15, 0.2) is 0 Å². The maximum atomic E-state index is 11.9. The third-order valence-electron chi connectivity index (χ3n) is 3.47. The summed E-state index contributed by atoms with van der Waals surface area (Å²) in [6.45, 7) is 6.11. The highest BCUT2D eigenvalue weighted by molar-refractivity contribution is 6.35. The van der Waals surface area contributed by atoms with Gasteiger partial charge in [0.2, 0.25) is 0 Å². The second-order valence-corrected chi connectivity index (χ2v) is 4.90. The van der Waals surface area contributed by atoms with E-state index in [4.69, 9.17) is 5.11 Å². The predicted molar refractivity (Wildman–Crippen MR) is 81.7 cm³/mol. The van der Waals surface area contributed by atoms with Crippen LogP contribution in [0.1, 0.15) is 37.9 Å². The van der Waals surface area contributed by atoms with Crippen molar-refractivity contribution in [2.24, 2.45) is 0 Å². The van der Waals surface area contributed by atoms with Crippen molar-refractivity contribution in [3.63, 3.8) is 0 Å². The van der Waals surface area contributed by atoms with E-state index in [1.165, 1.54) is 10.5 Å². The van der Waals surface area contributed by atoms with E-state index in [0.717, 1.165) is 12.0 Å². The molecule has 0 fully saturated rings. The molecule has 0 saturated carbocycles. The number of amides is 2. The fourth-order valence-corrected chi connectivity index (χ4v) is 2.05.